The van der Waals surface area contributed by atoms with Crippen molar-refractivity contribution in [3.05, 3.63) is 0 Å². The number of carbonyl (C=O) groups is 2. The summed E-state index contributed by atoms with van der Waals surface area (Å²) in [6.07, 6.45) is 4.53. The first-order valence-electron chi connectivity index (χ1n) is 10.3. The van der Waals surface area contributed by atoms with E-state index in [-0.39, 0.29) is 29.7 Å². The summed E-state index contributed by atoms with van der Waals surface area (Å²) in [5.74, 6) is 10.1. The van der Waals surface area contributed by atoms with Crippen molar-refractivity contribution in [1.82, 2.24) is 16.1 Å². The van der Waals surface area contributed by atoms with Gasteiger partial charge in [0.15, 0.2) is 0 Å². The molecular weight excluding hydrogens is 376 g/mol. The van der Waals surface area contributed by atoms with Crippen molar-refractivity contribution in [2.75, 3.05) is 19.8 Å². The first-order valence-corrected chi connectivity index (χ1v) is 10.3. The van der Waals surface area contributed by atoms with E-state index < -0.39 is 12.1 Å². The highest BCUT2D eigenvalue weighted by molar-refractivity contribution is 5.89. The van der Waals surface area contributed by atoms with Crippen LogP contribution in [0.5, 0.6) is 0 Å². The van der Waals surface area contributed by atoms with Crippen LogP contribution in [0.4, 0.5) is 0 Å². The molecule has 10 nitrogen and oxygen atoms in total. The molecule has 1 aliphatic carbocycles. The lowest BCUT2D eigenvalue weighted by Crippen LogP contribution is -2.55. The number of hydrazine groups is 1. The molecule has 2 heterocycles. The van der Waals surface area contributed by atoms with Gasteiger partial charge in [-0.1, -0.05) is 13.8 Å². The SMILES string of the molecule is CC(C)C(=O)NC(C(=O)NCC/C(=N/N)NN)C(C)OCC12CCC(CC1)OC2. The van der Waals surface area contributed by atoms with Gasteiger partial charge in [0.05, 0.1) is 25.4 Å². The second-order valence-corrected chi connectivity index (χ2v) is 8.43. The third kappa shape index (κ3) is 6.55. The van der Waals surface area contributed by atoms with Gasteiger partial charge in [0, 0.05) is 24.3 Å². The molecule has 0 aromatic rings. The lowest BCUT2D eigenvalue weighted by Gasteiger charge is -2.46. The third-order valence-corrected chi connectivity index (χ3v) is 5.83. The Kier molecular flexibility index (Phi) is 8.66. The second-order valence-electron chi connectivity index (χ2n) is 8.43. The van der Waals surface area contributed by atoms with Crippen LogP contribution in [-0.4, -0.2) is 55.7 Å². The first-order chi connectivity index (χ1) is 13.8. The molecule has 10 heteroatoms. The van der Waals surface area contributed by atoms with Gasteiger partial charge in [0.25, 0.3) is 0 Å². The number of hydrogen-bond acceptors (Lipinski definition) is 7. The molecule has 0 aromatic heterocycles. The molecule has 0 radical (unpaired) electrons. The zero-order chi connectivity index (χ0) is 21.4. The number of amides is 2. The molecule has 2 bridgehead atoms. The van der Waals surface area contributed by atoms with Crippen LogP contribution in [-0.2, 0) is 19.1 Å². The van der Waals surface area contributed by atoms with Crippen molar-refractivity contribution in [2.45, 2.75) is 71.1 Å². The monoisotopic (exact) mass is 412 g/mol. The Bertz CT molecular complexity index is 575. The van der Waals surface area contributed by atoms with E-state index >= 15 is 0 Å². The molecule has 3 rings (SSSR count). The lowest BCUT2D eigenvalue weighted by molar-refractivity contribution is -0.155. The van der Waals surface area contributed by atoms with Gasteiger partial charge in [0.1, 0.15) is 11.9 Å². The Morgan fingerprint density at radius 2 is 1.93 bits per heavy atom. The zero-order valence-electron chi connectivity index (χ0n) is 17.7. The van der Waals surface area contributed by atoms with E-state index in [1.54, 1.807) is 13.8 Å². The van der Waals surface area contributed by atoms with E-state index in [1.807, 2.05) is 6.92 Å². The summed E-state index contributed by atoms with van der Waals surface area (Å²) in [6.45, 7) is 6.87. The number of carbonyl (C=O) groups excluding carboxylic acids is 2. The maximum atomic E-state index is 12.8. The van der Waals surface area contributed by atoms with Crippen LogP contribution in [0.15, 0.2) is 5.10 Å². The highest BCUT2D eigenvalue weighted by atomic mass is 16.5. The number of ether oxygens (including phenoxy) is 2. The molecular formula is C19H36N6O4. The van der Waals surface area contributed by atoms with Crippen LogP contribution in [0, 0.1) is 11.3 Å². The molecule has 1 saturated carbocycles. The Hall–Kier alpha value is -1.91. The van der Waals surface area contributed by atoms with E-state index in [9.17, 15) is 9.59 Å². The van der Waals surface area contributed by atoms with Crippen molar-refractivity contribution in [3.63, 3.8) is 0 Å². The molecule has 2 saturated heterocycles. The molecule has 2 atom stereocenters. The van der Waals surface area contributed by atoms with Gasteiger partial charge in [-0.05, 0) is 32.6 Å². The average Bonchev–Trinajstić information content (AvgIpc) is 2.74. The van der Waals surface area contributed by atoms with Gasteiger partial charge in [-0.2, -0.15) is 5.10 Å². The smallest absolute Gasteiger partial charge is 0.245 e. The highest BCUT2D eigenvalue weighted by Gasteiger charge is 2.42. The molecule has 7 N–H and O–H groups in total. The largest absolute Gasteiger partial charge is 0.378 e. The van der Waals surface area contributed by atoms with E-state index in [4.69, 9.17) is 21.2 Å². The Morgan fingerprint density at radius 1 is 1.24 bits per heavy atom. The third-order valence-electron chi connectivity index (χ3n) is 5.83. The summed E-state index contributed by atoms with van der Waals surface area (Å²) in [6, 6.07) is -0.800. The Balaban J connectivity index is 1.94. The van der Waals surface area contributed by atoms with E-state index in [0.717, 1.165) is 25.7 Å². The highest BCUT2D eigenvalue weighted by Crippen LogP contribution is 2.43. The zero-order valence-corrected chi connectivity index (χ0v) is 17.7. The summed E-state index contributed by atoms with van der Waals surface area (Å²) in [4.78, 5) is 25.0. The standard InChI is InChI=1S/C19H36N6O4/c1-12(2)17(26)23-16(18(27)22-9-6-15(24-20)25-21)13(3)28-10-19-7-4-14(5-8-19)29-11-19/h12-14,16H,4-11,20-21H2,1-3H3,(H,22,27)(H,23,26)(H,24,25). The minimum absolute atomic E-state index is 0.0192. The van der Waals surface area contributed by atoms with Crippen LogP contribution in [0.3, 0.4) is 0 Å². The van der Waals surface area contributed by atoms with Crippen molar-refractivity contribution >= 4 is 17.6 Å². The molecule has 0 spiro atoms. The van der Waals surface area contributed by atoms with Crippen LogP contribution >= 0.6 is 0 Å². The summed E-state index contributed by atoms with van der Waals surface area (Å²) >= 11 is 0. The maximum Gasteiger partial charge on any atom is 0.245 e. The fourth-order valence-corrected chi connectivity index (χ4v) is 3.70. The second kappa shape index (κ2) is 10.7. The Morgan fingerprint density at radius 3 is 2.45 bits per heavy atom. The van der Waals surface area contributed by atoms with E-state index in [1.165, 1.54) is 0 Å². The molecule has 2 aliphatic heterocycles. The van der Waals surface area contributed by atoms with Crippen molar-refractivity contribution in [1.29, 1.82) is 0 Å². The lowest BCUT2D eigenvalue weighted by atomic mass is 9.72. The molecule has 166 valence electrons. The molecule has 0 aromatic carbocycles. The van der Waals surface area contributed by atoms with Gasteiger partial charge >= 0.3 is 0 Å². The number of amidine groups is 1. The average molecular weight is 413 g/mol. The van der Waals surface area contributed by atoms with Gasteiger partial charge < -0.3 is 31.4 Å². The minimum Gasteiger partial charge on any atom is -0.378 e. The van der Waals surface area contributed by atoms with Crippen molar-refractivity contribution in [2.24, 2.45) is 28.1 Å². The van der Waals surface area contributed by atoms with Crippen LogP contribution in [0.2, 0.25) is 0 Å². The number of hydrogen-bond donors (Lipinski definition) is 5. The van der Waals surface area contributed by atoms with E-state index in [0.29, 0.717) is 31.6 Å². The summed E-state index contributed by atoms with van der Waals surface area (Å²) in [5, 5.41) is 9.07. The molecule has 29 heavy (non-hydrogen) atoms. The number of rotatable bonds is 10. The van der Waals surface area contributed by atoms with Gasteiger partial charge in [-0.25, -0.2) is 5.84 Å². The van der Waals surface area contributed by atoms with Gasteiger partial charge in [-0.15, -0.1) is 0 Å². The van der Waals surface area contributed by atoms with Crippen molar-refractivity contribution in [3.8, 4) is 0 Å². The summed E-state index contributed by atoms with van der Waals surface area (Å²) in [7, 11) is 0. The normalized spacial score (nSPS) is 26.1. The van der Waals surface area contributed by atoms with Gasteiger partial charge in [0.2, 0.25) is 11.8 Å². The van der Waals surface area contributed by atoms with Crippen molar-refractivity contribution < 1.29 is 19.1 Å². The fourth-order valence-electron chi connectivity index (χ4n) is 3.70. The molecule has 2 unspecified atom stereocenters. The van der Waals surface area contributed by atoms with Crippen LogP contribution < -0.4 is 27.7 Å². The molecule has 3 fully saturated rings. The number of nitrogens with one attached hydrogen (secondary N) is 3. The van der Waals surface area contributed by atoms with Gasteiger partial charge in [-0.3, -0.25) is 9.59 Å². The maximum absolute atomic E-state index is 12.8. The number of nitrogens with zero attached hydrogens (tertiary/aromatic N) is 1. The number of hydrazone groups is 1. The van der Waals surface area contributed by atoms with E-state index in [2.05, 4.69) is 21.2 Å². The molecule has 2 amide bonds. The number of nitrogens with two attached hydrogens (primary N) is 2. The predicted molar refractivity (Wildman–Crippen MR) is 109 cm³/mol. The van der Waals surface area contributed by atoms with Crippen LogP contribution in [0.25, 0.3) is 0 Å². The van der Waals surface area contributed by atoms with Crippen LogP contribution in [0.1, 0.15) is 52.9 Å². The first kappa shape index (κ1) is 23.4. The topological polar surface area (TPSA) is 153 Å². The fraction of sp³-hybridized carbons (Fsp3) is 0.842. The Labute approximate surface area is 172 Å². The molecule has 3 aliphatic rings. The minimum atomic E-state index is -0.800. The predicted octanol–water partition coefficient (Wildman–Crippen LogP) is -0.267. The number of fused-ring (bicyclic) bond motifs is 3. The summed E-state index contributed by atoms with van der Waals surface area (Å²) < 4.78 is 11.9. The quantitative estimate of drug-likeness (QED) is 0.143. The summed E-state index contributed by atoms with van der Waals surface area (Å²) in [5.41, 5.74) is 2.38.